The van der Waals surface area contributed by atoms with Crippen molar-refractivity contribution in [2.24, 2.45) is 5.73 Å². The highest BCUT2D eigenvalue weighted by Crippen LogP contribution is 2.14. The van der Waals surface area contributed by atoms with Crippen LogP contribution in [-0.2, 0) is 0 Å². The van der Waals surface area contributed by atoms with Gasteiger partial charge in [0.15, 0.2) is 0 Å². The van der Waals surface area contributed by atoms with E-state index >= 15 is 0 Å². The Morgan fingerprint density at radius 1 is 1.50 bits per heavy atom. The zero-order valence-corrected chi connectivity index (χ0v) is 6.85. The van der Waals surface area contributed by atoms with Crippen LogP contribution >= 0.6 is 0 Å². The molecule has 0 spiro atoms. The average molecular weight is 171 g/mol. The Labute approximate surface area is 70.2 Å². The van der Waals surface area contributed by atoms with Gasteiger partial charge in [-0.2, -0.15) is 0 Å². The standard InChI is InChI=1S/C9H11F2N/c1-6-4-7(9(12)5-10)2-3-8(6)11/h2-4,9H,5,12H2,1H3. The molecule has 0 bridgehead atoms. The summed E-state index contributed by atoms with van der Waals surface area (Å²) < 4.78 is 24.8. The molecule has 0 aliphatic rings. The monoisotopic (exact) mass is 171 g/mol. The molecule has 66 valence electrons. The third-order valence-electron chi connectivity index (χ3n) is 1.78. The van der Waals surface area contributed by atoms with Crippen molar-refractivity contribution in [2.75, 3.05) is 6.67 Å². The lowest BCUT2D eigenvalue weighted by Gasteiger charge is -2.07. The van der Waals surface area contributed by atoms with Crippen molar-refractivity contribution in [3.63, 3.8) is 0 Å². The second-order valence-electron chi connectivity index (χ2n) is 2.77. The average Bonchev–Trinajstić information content (AvgIpc) is 2.08. The first kappa shape index (κ1) is 9.13. The summed E-state index contributed by atoms with van der Waals surface area (Å²) in [5.74, 6) is -0.287. The van der Waals surface area contributed by atoms with Crippen molar-refractivity contribution >= 4 is 0 Å². The Bertz CT molecular complexity index is 273. The Kier molecular flexibility index (Phi) is 2.76. The zero-order valence-electron chi connectivity index (χ0n) is 6.85. The van der Waals surface area contributed by atoms with Gasteiger partial charge in [-0.25, -0.2) is 8.78 Å². The van der Waals surface area contributed by atoms with E-state index in [1.165, 1.54) is 12.1 Å². The largest absolute Gasteiger partial charge is 0.322 e. The highest BCUT2D eigenvalue weighted by Gasteiger charge is 2.06. The summed E-state index contributed by atoms with van der Waals surface area (Å²) in [6, 6.07) is 3.75. The highest BCUT2D eigenvalue weighted by molar-refractivity contribution is 5.26. The molecular formula is C9H11F2N. The van der Waals surface area contributed by atoms with Crippen LogP contribution in [-0.4, -0.2) is 6.67 Å². The number of alkyl halides is 1. The summed E-state index contributed by atoms with van der Waals surface area (Å²) in [5, 5.41) is 0. The molecule has 1 unspecified atom stereocenters. The van der Waals surface area contributed by atoms with E-state index in [2.05, 4.69) is 0 Å². The molecule has 3 heteroatoms. The molecule has 1 aromatic carbocycles. The summed E-state index contributed by atoms with van der Waals surface area (Å²) in [5.41, 5.74) is 6.55. The van der Waals surface area contributed by atoms with E-state index in [0.717, 1.165) is 0 Å². The molecule has 0 heterocycles. The van der Waals surface area contributed by atoms with Gasteiger partial charge in [-0.05, 0) is 24.1 Å². The van der Waals surface area contributed by atoms with E-state index in [0.29, 0.717) is 11.1 Å². The molecule has 0 radical (unpaired) electrons. The number of nitrogens with two attached hydrogens (primary N) is 1. The van der Waals surface area contributed by atoms with Crippen molar-refractivity contribution in [2.45, 2.75) is 13.0 Å². The van der Waals surface area contributed by atoms with Crippen LogP contribution in [0.4, 0.5) is 8.78 Å². The first-order valence-corrected chi connectivity index (χ1v) is 3.72. The highest BCUT2D eigenvalue weighted by atomic mass is 19.1. The number of aryl methyl sites for hydroxylation is 1. The SMILES string of the molecule is Cc1cc(C(N)CF)ccc1F. The van der Waals surface area contributed by atoms with Crippen LogP contribution in [0, 0.1) is 12.7 Å². The fraction of sp³-hybridized carbons (Fsp3) is 0.333. The molecule has 0 fully saturated rings. The molecule has 1 atom stereocenters. The second-order valence-corrected chi connectivity index (χ2v) is 2.77. The van der Waals surface area contributed by atoms with Crippen LogP contribution in [0.15, 0.2) is 18.2 Å². The smallest absolute Gasteiger partial charge is 0.126 e. The van der Waals surface area contributed by atoms with E-state index in [9.17, 15) is 8.78 Å². The van der Waals surface area contributed by atoms with Gasteiger partial charge in [-0.3, -0.25) is 0 Å². The fourth-order valence-corrected chi connectivity index (χ4v) is 0.988. The van der Waals surface area contributed by atoms with Crippen molar-refractivity contribution < 1.29 is 8.78 Å². The molecule has 0 amide bonds. The lowest BCUT2D eigenvalue weighted by molar-refractivity contribution is 0.436. The molecule has 12 heavy (non-hydrogen) atoms. The van der Waals surface area contributed by atoms with Crippen molar-refractivity contribution in [1.29, 1.82) is 0 Å². The number of benzene rings is 1. The summed E-state index contributed by atoms with van der Waals surface area (Å²) in [4.78, 5) is 0. The van der Waals surface area contributed by atoms with Crippen LogP contribution in [0.1, 0.15) is 17.2 Å². The predicted molar refractivity (Wildman–Crippen MR) is 44.0 cm³/mol. The Morgan fingerprint density at radius 3 is 2.67 bits per heavy atom. The first-order valence-electron chi connectivity index (χ1n) is 3.72. The molecule has 1 rings (SSSR count). The lowest BCUT2D eigenvalue weighted by Crippen LogP contribution is -2.12. The van der Waals surface area contributed by atoms with Gasteiger partial charge >= 0.3 is 0 Å². The number of hydrogen-bond donors (Lipinski definition) is 1. The van der Waals surface area contributed by atoms with E-state index in [1.54, 1.807) is 13.0 Å². The van der Waals surface area contributed by atoms with Gasteiger partial charge in [0.25, 0.3) is 0 Å². The van der Waals surface area contributed by atoms with Crippen LogP contribution in [0.3, 0.4) is 0 Å². The van der Waals surface area contributed by atoms with Gasteiger partial charge in [0.2, 0.25) is 0 Å². The van der Waals surface area contributed by atoms with Gasteiger partial charge in [0, 0.05) is 0 Å². The lowest BCUT2D eigenvalue weighted by atomic mass is 10.1. The maximum atomic E-state index is 12.7. The van der Waals surface area contributed by atoms with Crippen LogP contribution < -0.4 is 5.73 Å². The van der Waals surface area contributed by atoms with E-state index < -0.39 is 12.7 Å². The van der Waals surface area contributed by atoms with Crippen molar-refractivity contribution in [3.8, 4) is 0 Å². The summed E-state index contributed by atoms with van der Waals surface area (Å²) in [6.45, 7) is 1.01. The topological polar surface area (TPSA) is 26.0 Å². The molecule has 2 N–H and O–H groups in total. The fourth-order valence-electron chi connectivity index (χ4n) is 0.988. The van der Waals surface area contributed by atoms with E-state index in [4.69, 9.17) is 5.73 Å². The van der Waals surface area contributed by atoms with Crippen LogP contribution in [0.2, 0.25) is 0 Å². The number of hydrogen-bond acceptors (Lipinski definition) is 1. The molecule has 0 aromatic heterocycles. The summed E-state index contributed by atoms with van der Waals surface area (Å²) in [6.07, 6.45) is 0. The molecule has 1 nitrogen and oxygen atoms in total. The maximum Gasteiger partial charge on any atom is 0.126 e. The Morgan fingerprint density at radius 2 is 2.17 bits per heavy atom. The minimum atomic E-state index is -0.635. The van der Waals surface area contributed by atoms with Crippen LogP contribution in [0.5, 0.6) is 0 Å². The van der Waals surface area contributed by atoms with E-state index in [-0.39, 0.29) is 5.82 Å². The zero-order chi connectivity index (χ0) is 9.14. The summed E-state index contributed by atoms with van der Waals surface area (Å²) in [7, 11) is 0. The van der Waals surface area contributed by atoms with Crippen LogP contribution in [0.25, 0.3) is 0 Å². The van der Waals surface area contributed by atoms with Crippen molar-refractivity contribution in [1.82, 2.24) is 0 Å². The quantitative estimate of drug-likeness (QED) is 0.724. The molecule has 0 saturated heterocycles. The van der Waals surface area contributed by atoms with Crippen molar-refractivity contribution in [3.05, 3.63) is 35.1 Å². The molecule has 0 saturated carbocycles. The van der Waals surface area contributed by atoms with Gasteiger partial charge in [-0.1, -0.05) is 12.1 Å². The third kappa shape index (κ3) is 1.80. The van der Waals surface area contributed by atoms with Gasteiger partial charge < -0.3 is 5.73 Å². The van der Waals surface area contributed by atoms with Gasteiger partial charge in [-0.15, -0.1) is 0 Å². The number of halogens is 2. The molecule has 1 aromatic rings. The minimum Gasteiger partial charge on any atom is -0.322 e. The normalized spacial score (nSPS) is 13.0. The maximum absolute atomic E-state index is 12.7. The molecule has 0 aliphatic carbocycles. The van der Waals surface area contributed by atoms with Gasteiger partial charge in [0.05, 0.1) is 6.04 Å². The third-order valence-corrected chi connectivity index (χ3v) is 1.78. The first-order chi connectivity index (χ1) is 5.65. The van der Waals surface area contributed by atoms with Gasteiger partial charge in [0.1, 0.15) is 12.5 Å². The van der Waals surface area contributed by atoms with E-state index in [1.807, 2.05) is 0 Å². The molecule has 0 aliphatic heterocycles. The minimum absolute atomic E-state index is 0.287. The molecular weight excluding hydrogens is 160 g/mol. The number of rotatable bonds is 2. The Hall–Kier alpha value is -0.960. The predicted octanol–water partition coefficient (Wildman–Crippen LogP) is 2.10. The summed E-state index contributed by atoms with van der Waals surface area (Å²) >= 11 is 0. The second kappa shape index (κ2) is 3.63. The Balaban J connectivity index is 2.96.